The molecule has 0 aliphatic heterocycles. The van der Waals surface area contributed by atoms with Crippen LogP contribution in [0.2, 0.25) is 0 Å². The van der Waals surface area contributed by atoms with E-state index in [0.717, 1.165) is 21.4 Å². The Kier molecular flexibility index (Phi) is 12.5. The van der Waals surface area contributed by atoms with Gasteiger partial charge in [-0.25, -0.2) is 4.39 Å². The van der Waals surface area contributed by atoms with Crippen molar-refractivity contribution in [3.63, 3.8) is 0 Å². The summed E-state index contributed by atoms with van der Waals surface area (Å²) in [5, 5.41) is 9.22. The number of allylic oxidation sites excluding steroid dienone is 3. The Bertz CT molecular complexity index is 719. The fourth-order valence-corrected chi connectivity index (χ4v) is 2.75. The maximum atomic E-state index is 12.3. The van der Waals surface area contributed by atoms with E-state index in [0.29, 0.717) is 31.4 Å². The Hall–Kier alpha value is -2.40. The molecule has 0 saturated heterocycles. The molecule has 0 fully saturated rings. The van der Waals surface area contributed by atoms with Crippen LogP contribution in [0.1, 0.15) is 17.0 Å². The van der Waals surface area contributed by atoms with Gasteiger partial charge in [0.15, 0.2) is 0 Å². The Morgan fingerprint density at radius 2 is 2.15 bits per heavy atom. The second-order valence-corrected chi connectivity index (χ2v) is 6.29. The molecular weight excluding hydrogens is 420 g/mol. The molecule has 1 N–H and O–H groups in total. The third kappa shape index (κ3) is 8.22. The number of hydrogen-bond acceptors (Lipinski definition) is 4. The Morgan fingerprint density at radius 3 is 2.70 bits per heavy atom. The summed E-state index contributed by atoms with van der Waals surface area (Å²) in [7, 11) is 4.28. The highest BCUT2D eigenvalue weighted by atomic mass is 79.9. The third-order valence-electron chi connectivity index (χ3n) is 3.27. The summed E-state index contributed by atoms with van der Waals surface area (Å²) in [5.41, 5.74) is 3.71. The molecule has 0 radical (unpaired) electrons. The van der Waals surface area contributed by atoms with Gasteiger partial charge in [0.1, 0.15) is 25.8 Å². The molecule has 1 aliphatic carbocycles. The molecule has 27 heavy (non-hydrogen) atoms. The van der Waals surface area contributed by atoms with Crippen LogP contribution in [0.5, 0.6) is 0 Å². The van der Waals surface area contributed by atoms with Crippen LogP contribution in [0, 0.1) is 11.3 Å². The lowest BCUT2D eigenvalue weighted by molar-refractivity contribution is -0.0979. The van der Waals surface area contributed by atoms with E-state index < -0.39 is 6.67 Å². The van der Waals surface area contributed by atoms with E-state index in [9.17, 15) is 14.0 Å². The zero-order valence-corrected chi connectivity index (χ0v) is 17.3. The first-order valence-corrected chi connectivity index (χ1v) is 8.74. The van der Waals surface area contributed by atoms with Gasteiger partial charge in [0, 0.05) is 44.5 Å². The highest BCUT2D eigenvalue weighted by molar-refractivity contribution is 9.12. The quantitative estimate of drug-likeness (QED) is 0.672. The van der Waals surface area contributed by atoms with Crippen LogP contribution in [-0.2, 0) is 22.4 Å². The first kappa shape index (κ1) is 24.6. The molecule has 1 aliphatic rings. The van der Waals surface area contributed by atoms with Gasteiger partial charge < -0.3 is 19.4 Å². The van der Waals surface area contributed by atoms with Gasteiger partial charge in [-0.3, -0.25) is 4.39 Å². The largest absolute Gasteiger partial charge is 0.490 e. The van der Waals surface area contributed by atoms with Crippen molar-refractivity contribution >= 4 is 28.8 Å². The Morgan fingerprint density at radius 1 is 1.48 bits per heavy atom. The van der Waals surface area contributed by atoms with E-state index in [1.807, 2.05) is 50.2 Å². The van der Waals surface area contributed by atoms with E-state index >= 15 is 0 Å². The number of nitrogens with zero attached hydrogens (tertiary/aromatic N) is 2. The van der Waals surface area contributed by atoms with E-state index in [2.05, 4.69) is 27.0 Å². The molecule has 1 heterocycles. The molecule has 5 nitrogen and oxygen atoms in total. The van der Waals surface area contributed by atoms with Crippen LogP contribution in [0.15, 0.2) is 34.2 Å². The number of aromatic nitrogens is 1. The summed E-state index contributed by atoms with van der Waals surface area (Å²) in [6, 6.07) is 4.22. The van der Waals surface area contributed by atoms with Crippen LogP contribution in [0.25, 0.3) is 6.08 Å². The molecule has 0 atom stereocenters. The van der Waals surface area contributed by atoms with Crippen molar-refractivity contribution in [1.82, 2.24) is 9.88 Å². The van der Waals surface area contributed by atoms with Crippen molar-refractivity contribution in [2.45, 2.75) is 12.8 Å². The molecule has 0 amide bonds. The lowest BCUT2D eigenvalue weighted by Gasteiger charge is -2.07. The van der Waals surface area contributed by atoms with Crippen molar-refractivity contribution in [3.05, 3.63) is 51.1 Å². The fraction of sp³-hybridized carbons (Fsp3) is 0.368. The number of carbonyl (C=O) groups is 1. The normalized spacial score (nSPS) is 12.6. The van der Waals surface area contributed by atoms with Crippen LogP contribution >= 0.6 is 15.9 Å². The lowest BCUT2D eigenvalue weighted by Crippen LogP contribution is -2.03. The van der Waals surface area contributed by atoms with Gasteiger partial charge in [-0.05, 0) is 33.6 Å². The number of carbonyl (C=O) groups excluding carboxylic acids is 1. The standard InChI is InChI=1S/C17H19BrFN3O.CH3F.CH2O/c1-22(2)11-12(10-20)7-14-8-13-9-17(23-6-5-19)15(18)3-4-16(13)21-14;2*1-2/h3,8-9,11,21H,4-7H2,1-2H3;1H3;1H2/b12-11-;;. The minimum Gasteiger partial charge on any atom is -0.490 e. The molecule has 1 aromatic rings. The molecule has 0 bridgehead atoms. The number of nitriles is 1. The van der Waals surface area contributed by atoms with Crippen molar-refractivity contribution in [3.8, 4) is 6.07 Å². The van der Waals surface area contributed by atoms with Crippen molar-refractivity contribution in [1.29, 1.82) is 5.26 Å². The minimum absolute atomic E-state index is 0.0333. The molecule has 148 valence electrons. The number of rotatable bonds is 6. The smallest absolute Gasteiger partial charge is 0.133 e. The predicted molar refractivity (Wildman–Crippen MR) is 107 cm³/mol. The van der Waals surface area contributed by atoms with Crippen LogP contribution in [0.4, 0.5) is 8.78 Å². The maximum Gasteiger partial charge on any atom is 0.133 e. The minimum atomic E-state index is -0.524. The van der Waals surface area contributed by atoms with Crippen molar-refractivity contribution in [2.24, 2.45) is 0 Å². The first-order valence-electron chi connectivity index (χ1n) is 7.94. The summed E-state index contributed by atoms with van der Waals surface area (Å²) in [5.74, 6) is 0.622. The number of ether oxygens (including phenoxy) is 1. The Labute approximate surface area is 167 Å². The number of nitrogens with one attached hydrogen (secondary N) is 1. The molecule has 2 rings (SSSR count). The summed E-state index contributed by atoms with van der Waals surface area (Å²) in [6.07, 6.45) is 6.95. The summed E-state index contributed by atoms with van der Waals surface area (Å²) >= 11 is 3.45. The van der Waals surface area contributed by atoms with E-state index in [1.54, 1.807) is 0 Å². The number of aromatic amines is 1. The van der Waals surface area contributed by atoms with E-state index in [1.165, 1.54) is 0 Å². The first-order chi connectivity index (χ1) is 13.0. The monoisotopic (exact) mass is 443 g/mol. The van der Waals surface area contributed by atoms with Gasteiger partial charge in [0.25, 0.3) is 0 Å². The molecule has 0 spiro atoms. The SMILES string of the molecule is C=O.CF.CN(C)/C=C(\C#N)Cc1cc2c([nH]1)CC=C(Br)C(OCCF)=C2. The highest BCUT2D eigenvalue weighted by Crippen LogP contribution is 2.28. The molecule has 0 aromatic carbocycles. The second-order valence-electron chi connectivity index (χ2n) is 5.44. The number of alkyl halides is 2. The predicted octanol–water partition coefficient (Wildman–Crippen LogP) is 4.09. The summed E-state index contributed by atoms with van der Waals surface area (Å²) in [6.45, 7) is 1.51. The average molecular weight is 444 g/mol. The van der Waals surface area contributed by atoms with Gasteiger partial charge in [0.2, 0.25) is 0 Å². The van der Waals surface area contributed by atoms with Gasteiger partial charge >= 0.3 is 0 Å². The van der Waals surface area contributed by atoms with Crippen LogP contribution in [-0.4, -0.2) is 51.2 Å². The average Bonchev–Trinajstić information content (AvgIpc) is 2.99. The van der Waals surface area contributed by atoms with E-state index in [-0.39, 0.29) is 6.61 Å². The van der Waals surface area contributed by atoms with Crippen LogP contribution in [0.3, 0.4) is 0 Å². The number of fused-ring (bicyclic) bond motifs is 1. The van der Waals surface area contributed by atoms with Crippen LogP contribution < -0.4 is 0 Å². The number of H-pyrrole nitrogens is 1. The maximum absolute atomic E-state index is 12.3. The molecule has 0 saturated carbocycles. The zero-order chi connectivity index (χ0) is 20.8. The molecule has 0 unspecified atom stereocenters. The fourth-order valence-electron chi connectivity index (χ4n) is 2.36. The number of halogens is 3. The third-order valence-corrected chi connectivity index (χ3v) is 3.98. The van der Waals surface area contributed by atoms with Gasteiger partial charge in [0.05, 0.1) is 23.3 Å². The molecule has 8 heteroatoms. The van der Waals surface area contributed by atoms with Gasteiger partial charge in [-0.2, -0.15) is 5.26 Å². The van der Waals surface area contributed by atoms with Gasteiger partial charge in [-0.1, -0.05) is 6.08 Å². The summed E-state index contributed by atoms with van der Waals surface area (Å²) < 4.78 is 28.1. The van der Waals surface area contributed by atoms with Gasteiger partial charge in [-0.15, -0.1) is 0 Å². The second kappa shape index (κ2) is 13.8. The van der Waals surface area contributed by atoms with Crippen molar-refractivity contribution in [2.75, 3.05) is 34.6 Å². The highest BCUT2D eigenvalue weighted by Gasteiger charge is 2.14. The Balaban J connectivity index is 0.00000158. The zero-order valence-electron chi connectivity index (χ0n) is 15.7. The van der Waals surface area contributed by atoms with E-state index in [4.69, 9.17) is 9.53 Å². The van der Waals surface area contributed by atoms with Crippen molar-refractivity contribution < 1.29 is 18.3 Å². The molecule has 1 aromatic heterocycles. The number of hydrogen-bond donors (Lipinski definition) is 1. The summed E-state index contributed by atoms with van der Waals surface area (Å²) in [4.78, 5) is 13.2. The lowest BCUT2D eigenvalue weighted by atomic mass is 10.1. The molecular formula is C19H24BrF2N3O2. The topological polar surface area (TPSA) is 69.1 Å².